The van der Waals surface area contributed by atoms with Crippen molar-refractivity contribution in [3.63, 3.8) is 0 Å². The lowest BCUT2D eigenvalue weighted by Gasteiger charge is -2.26. The Morgan fingerprint density at radius 2 is 1.92 bits per heavy atom. The number of carbonyl (C=O) groups is 1. The number of amides is 1. The van der Waals surface area contributed by atoms with Crippen LogP contribution in [-0.2, 0) is 30.7 Å². The minimum Gasteiger partial charge on any atom is -0.385 e. The van der Waals surface area contributed by atoms with Gasteiger partial charge in [0.2, 0.25) is 15.9 Å². The largest absolute Gasteiger partial charge is 0.385 e. The molecule has 2 rings (SSSR count). The zero-order valence-electron chi connectivity index (χ0n) is 14.6. The van der Waals surface area contributed by atoms with E-state index in [1.165, 1.54) is 4.31 Å². The van der Waals surface area contributed by atoms with Crippen LogP contribution in [0.25, 0.3) is 0 Å². The summed E-state index contributed by atoms with van der Waals surface area (Å²) in [5.41, 5.74) is 0.938. The van der Waals surface area contributed by atoms with Crippen molar-refractivity contribution >= 4 is 15.9 Å². The standard InChI is InChI=1S/C17H26N2O5S/c1-23-12-2-9-18-17(20)8-5-15-3-6-16(7-4-15)25(21,22)19-10-13-24-14-11-19/h3-4,6-7H,2,5,8-14H2,1H3,(H,18,20). The Morgan fingerprint density at radius 3 is 2.56 bits per heavy atom. The Balaban J connectivity index is 1.84. The number of morpholine rings is 1. The summed E-state index contributed by atoms with van der Waals surface area (Å²) in [4.78, 5) is 12.0. The zero-order chi connectivity index (χ0) is 18.1. The number of aryl methyl sites for hydroxylation is 1. The molecular formula is C17H26N2O5S. The number of hydrogen-bond donors (Lipinski definition) is 1. The number of sulfonamides is 1. The van der Waals surface area contributed by atoms with E-state index in [4.69, 9.17) is 9.47 Å². The summed E-state index contributed by atoms with van der Waals surface area (Å²) in [6.45, 7) is 2.84. The number of rotatable bonds is 9. The average Bonchev–Trinajstić information content (AvgIpc) is 2.64. The summed E-state index contributed by atoms with van der Waals surface area (Å²) >= 11 is 0. The molecule has 0 unspecified atom stereocenters. The van der Waals surface area contributed by atoms with E-state index in [0.717, 1.165) is 12.0 Å². The smallest absolute Gasteiger partial charge is 0.243 e. The van der Waals surface area contributed by atoms with E-state index in [2.05, 4.69) is 5.32 Å². The molecule has 1 amide bonds. The van der Waals surface area contributed by atoms with Crippen molar-refractivity contribution < 1.29 is 22.7 Å². The monoisotopic (exact) mass is 370 g/mol. The van der Waals surface area contributed by atoms with Gasteiger partial charge in [-0.25, -0.2) is 8.42 Å². The van der Waals surface area contributed by atoms with Crippen LogP contribution >= 0.6 is 0 Å². The van der Waals surface area contributed by atoms with Gasteiger partial charge >= 0.3 is 0 Å². The maximum atomic E-state index is 12.5. The van der Waals surface area contributed by atoms with E-state index in [1.54, 1.807) is 31.4 Å². The van der Waals surface area contributed by atoms with Crippen LogP contribution in [0.4, 0.5) is 0 Å². The molecule has 1 aromatic rings. The Hall–Kier alpha value is -1.48. The molecule has 1 fully saturated rings. The highest BCUT2D eigenvalue weighted by Gasteiger charge is 2.25. The van der Waals surface area contributed by atoms with Gasteiger partial charge in [0.1, 0.15) is 0 Å². The van der Waals surface area contributed by atoms with Crippen LogP contribution in [0.3, 0.4) is 0 Å². The number of carbonyl (C=O) groups excluding carboxylic acids is 1. The summed E-state index contributed by atoms with van der Waals surface area (Å²) in [6.07, 6.45) is 1.74. The van der Waals surface area contributed by atoms with Gasteiger partial charge in [0.05, 0.1) is 18.1 Å². The van der Waals surface area contributed by atoms with Crippen LogP contribution in [0.5, 0.6) is 0 Å². The van der Waals surface area contributed by atoms with Gasteiger partial charge in [-0.15, -0.1) is 0 Å². The molecule has 1 saturated heterocycles. The van der Waals surface area contributed by atoms with Gasteiger partial charge in [-0.1, -0.05) is 12.1 Å². The molecule has 140 valence electrons. The third-order valence-corrected chi connectivity index (χ3v) is 5.93. The SMILES string of the molecule is COCCCNC(=O)CCc1ccc(S(=O)(=O)N2CCOCC2)cc1. The van der Waals surface area contributed by atoms with Gasteiger partial charge in [-0.2, -0.15) is 4.31 Å². The van der Waals surface area contributed by atoms with E-state index in [0.29, 0.717) is 52.3 Å². The summed E-state index contributed by atoms with van der Waals surface area (Å²) in [6, 6.07) is 6.75. The molecule has 0 saturated carbocycles. The number of ether oxygens (including phenoxy) is 2. The van der Waals surface area contributed by atoms with Crippen LogP contribution in [0.1, 0.15) is 18.4 Å². The predicted octanol–water partition coefficient (Wildman–Crippen LogP) is 0.793. The third-order valence-electron chi connectivity index (χ3n) is 4.02. The maximum Gasteiger partial charge on any atom is 0.243 e. The fourth-order valence-corrected chi connectivity index (χ4v) is 3.96. The van der Waals surface area contributed by atoms with E-state index in [1.807, 2.05) is 0 Å². The van der Waals surface area contributed by atoms with Crippen LogP contribution in [0.2, 0.25) is 0 Å². The summed E-state index contributed by atoms with van der Waals surface area (Å²) in [7, 11) is -1.84. The highest BCUT2D eigenvalue weighted by molar-refractivity contribution is 7.89. The highest BCUT2D eigenvalue weighted by Crippen LogP contribution is 2.18. The van der Waals surface area contributed by atoms with Crippen LogP contribution in [0, 0.1) is 0 Å². The second kappa shape index (κ2) is 9.86. The molecule has 0 spiro atoms. The molecule has 1 heterocycles. The molecule has 25 heavy (non-hydrogen) atoms. The fraction of sp³-hybridized carbons (Fsp3) is 0.588. The molecule has 0 aliphatic carbocycles. The van der Waals surface area contributed by atoms with Gasteiger partial charge in [-0.05, 0) is 30.5 Å². The number of nitrogens with one attached hydrogen (secondary N) is 1. The first-order valence-corrected chi connectivity index (χ1v) is 9.90. The topological polar surface area (TPSA) is 84.9 Å². The van der Waals surface area contributed by atoms with E-state index >= 15 is 0 Å². The van der Waals surface area contributed by atoms with Crippen LogP contribution in [-0.4, -0.2) is 65.2 Å². The molecule has 0 atom stereocenters. The first-order valence-electron chi connectivity index (χ1n) is 8.46. The van der Waals surface area contributed by atoms with Crippen LogP contribution in [0.15, 0.2) is 29.2 Å². The summed E-state index contributed by atoms with van der Waals surface area (Å²) in [5, 5.41) is 2.83. The van der Waals surface area contributed by atoms with Crippen molar-refractivity contribution in [3.8, 4) is 0 Å². The number of hydrogen-bond acceptors (Lipinski definition) is 5. The van der Waals surface area contributed by atoms with Gasteiger partial charge in [0.15, 0.2) is 0 Å². The number of benzene rings is 1. The first kappa shape index (κ1) is 19.8. The summed E-state index contributed by atoms with van der Waals surface area (Å²) in [5.74, 6) is -0.0129. The minimum atomic E-state index is -3.47. The lowest BCUT2D eigenvalue weighted by Crippen LogP contribution is -2.40. The molecule has 1 aliphatic heterocycles. The Bertz CT molecular complexity index is 640. The van der Waals surface area contributed by atoms with Crippen molar-refractivity contribution in [2.24, 2.45) is 0 Å². The minimum absolute atomic E-state index is 0.0129. The normalized spacial score (nSPS) is 15.9. The Morgan fingerprint density at radius 1 is 1.24 bits per heavy atom. The zero-order valence-corrected chi connectivity index (χ0v) is 15.4. The molecule has 1 N–H and O–H groups in total. The number of nitrogens with zero attached hydrogens (tertiary/aromatic N) is 1. The molecule has 8 heteroatoms. The maximum absolute atomic E-state index is 12.5. The molecule has 7 nitrogen and oxygen atoms in total. The predicted molar refractivity (Wildman–Crippen MR) is 93.8 cm³/mol. The second-order valence-electron chi connectivity index (χ2n) is 5.86. The quantitative estimate of drug-likeness (QED) is 0.650. The summed E-state index contributed by atoms with van der Waals surface area (Å²) < 4.78 is 36.6. The third kappa shape index (κ3) is 6.07. The van der Waals surface area contributed by atoms with Gasteiger partial charge in [-0.3, -0.25) is 4.79 Å². The molecule has 1 aromatic carbocycles. The highest BCUT2D eigenvalue weighted by atomic mass is 32.2. The van der Waals surface area contributed by atoms with Crippen molar-refractivity contribution in [2.45, 2.75) is 24.2 Å². The van der Waals surface area contributed by atoms with E-state index in [9.17, 15) is 13.2 Å². The molecule has 1 aliphatic rings. The Labute approximate surface area is 149 Å². The van der Waals surface area contributed by atoms with Gasteiger partial charge in [0, 0.05) is 39.8 Å². The van der Waals surface area contributed by atoms with Crippen molar-refractivity contribution in [2.75, 3.05) is 46.6 Å². The van der Waals surface area contributed by atoms with Crippen molar-refractivity contribution in [3.05, 3.63) is 29.8 Å². The lowest BCUT2D eigenvalue weighted by atomic mass is 10.1. The van der Waals surface area contributed by atoms with Crippen LogP contribution < -0.4 is 5.32 Å². The van der Waals surface area contributed by atoms with E-state index < -0.39 is 10.0 Å². The molecule has 0 bridgehead atoms. The van der Waals surface area contributed by atoms with Crippen molar-refractivity contribution in [1.29, 1.82) is 0 Å². The van der Waals surface area contributed by atoms with Gasteiger partial charge < -0.3 is 14.8 Å². The molecule has 0 radical (unpaired) electrons. The lowest BCUT2D eigenvalue weighted by molar-refractivity contribution is -0.121. The fourth-order valence-electron chi connectivity index (χ4n) is 2.55. The molecule has 0 aromatic heterocycles. The second-order valence-corrected chi connectivity index (χ2v) is 7.79. The molecular weight excluding hydrogens is 344 g/mol. The first-order chi connectivity index (χ1) is 12.0. The van der Waals surface area contributed by atoms with Gasteiger partial charge in [0.25, 0.3) is 0 Å². The number of methoxy groups -OCH3 is 1. The van der Waals surface area contributed by atoms with Crippen molar-refractivity contribution in [1.82, 2.24) is 9.62 Å². The van der Waals surface area contributed by atoms with E-state index in [-0.39, 0.29) is 10.8 Å². The average molecular weight is 370 g/mol. The Kier molecular flexibility index (Phi) is 7.83.